The molecule has 1 saturated heterocycles. The number of morpholine rings is 1. The first kappa shape index (κ1) is 11.4. The Morgan fingerprint density at radius 1 is 1.71 bits per heavy atom. The van der Waals surface area contributed by atoms with Gasteiger partial charge in [0.15, 0.2) is 5.67 Å². The molecule has 0 radical (unpaired) electrons. The summed E-state index contributed by atoms with van der Waals surface area (Å²) in [5.74, 6) is -0.542. The number of aliphatic hydroxyl groups is 1. The lowest BCUT2D eigenvalue weighted by Crippen LogP contribution is -2.51. The molecule has 1 unspecified atom stereocenters. The van der Waals surface area contributed by atoms with E-state index in [1.54, 1.807) is 0 Å². The Hall–Kier alpha value is -0.680. The van der Waals surface area contributed by atoms with E-state index in [0.717, 1.165) is 0 Å². The Morgan fingerprint density at radius 3 is 2.86 bits per heavy atom. The van der Waals surface area contributed by atoms with Gasteiger partial charge in [0.05, 0.1) is 19.3 Å². The lowest BCUT2D eigenvalue weighted by atomic mass is 10.1. The fourth-order valence-electron chi connectivity index (χ4n) is 1.39. The number of aliphatic hydroxyl groups excluding tert-OH is 1. The van der Waals surface area contributed by atoms with Gasteiger partial charge in [0.25, 0.3) is 5.91 Å². The smallest absolute Gasteiger partial charge is 0.259 e. The molecule has 1 aliphatic heterocycles. The molecule has 82 valence electrons. The van der Waals surface area contributed by atoms with Gasteiger partial charge in [-0.1, -0.05) is 0 Å². The van der Waals surface area contributed by atoms with Gasteiger partial charge >= 0.3 is 0 Å². The quantitative estimate of drug-likeness (QED) is 0.688. The lowest BCUT2D eigenvalue weighted by Gasteiger charge is -2.34. The molecular formula is C9H16FNO3. The maximum Gasteiger partial charge on any atom is 0.259 e. The Morgan fingerprint density at radius 2 is 2.36 bits per heavy atom. The fourth-order valence-corrected chi connectivity index (χ4v) is 1.39. The van der Waals surface area contributed by atoms with Crippen molar-refractivity contribution in [2.45, 2.75) is 25.6 Å². The van der Waals surface area contributed by atoms with Crippen LogP contribution < -0.4 is 0 Å². The molecule has 1 heterocycles. The van der Waals surface area contributed by atoms with E-state index in [1.807, 2.05) is 0 Å². The van der Waals surface area contributed by atoms with Gasteiger partial charge in [-0.25, -0.2) is 4.39 Å². The van der Waals surface area contributed by atoms with Gasteiger partial charge in [-0.15, -0.1) is 0 Å². The Kier molecular flexibility index (Phi) is 3.44. The summed E-state index contributed by atoms with van der Waals surface area (Å²) >= 11 is 0. The number of alkyl halides is 1. The van der Waals surface area contributed by atoms with Crippen LogP contribution >= 0.6 is 0 Å². The third-order valence-electron chi connectivity index (χ3n) is 2.14. The van der Waals surface area contributed by atoms with E-state index in [2.05, 4.69) is 0 Å². The summed E-state index contributed by atoms with van der Waals surface area (Å²) in [6.45, 7) is 3.34. The van der Waals surface area contributed by atoms with Crippen molar-refractivity contribution in [3.63, 3.8) is 0 Å². The van der Waals surface area contributed by atoms with Crippen LogP contribution in [0.4, 0.5) is 4.39 Å². The van der Waals surface area contributed by atoms with Gasteiger partial charge in [0.2, 0.25) is 0 Å². The number of rotatable bonds is 2. The van der Waals surface area contributed by atoms with Crippen LogP contribution in [0.5, 0.6) is 0 Å². The van der Waals surface area contributed by atoms with Gasteiger partial charge in [0.1, 0.15) is 0 Å². The monoisotopic (exact) mass is 205 g/mol. The second-order valence-electron chi connectivity index (χ2n) is 3.90. The van der Waals surface area contributed by atoms with Crippen molar-refractivity contribution in [3.05, 3.63) is 0 Å². The Balaban J connectivity index is 2.56. The molecular weight excluding hydrogens is 189 g/mol. The van der Waals surface area contributed by atoms with E-state index in [1.165, 1.54) is 18.7 Å². The molecule has 1 N–H and O–H groups in total. The van der Waals surface area contributed by atoms with Gasteiger partial charge in [0, 0.05) is 13.1 Å². The summed E-state index contributed by atoms with van der Waals surface area (Å²) in [6, 6.07) is 0. The summed E-state index contributed by atoms with van der Waals surface area (Å²) in [7, 11) is 0. The molecule has 5 heteroatoms. The molecule has 4 nitrogen and oxygen atoms in total. The topological polar surface area (TPSA) is 49.8 Å². The second kappa shape index (κ2) is 4.23. The summed E-state index contributed by atoms with van der Waals surface area (Å²) < 4.78 is 18.5. The number of amides is 1. The van der Waals surface area contributed by atoms with Crippen molar-refractivity contribution in [1.29, 1.82) is 0 Å². The average Bonchev–Trinajstić information content (AvgIpc) is 2.15. The van der Waals surface area contributed by atoms with Crippen LogP contribution in [0.1, 0.15) is 13.8 Å². The maximum absolute atomic E-state index is 13.3. The van der Waals surface area contributed by atoms with Gasteiger partial charge < -0.3 is 14.7 Å². The second-order valence-corrected chi connectivity index (χ2v) is 3.90. The van der Waals surface area contributed by atoms with E-state index in [-0.39, 0.29) is 19.3 Å². The number of carbonyl (C=O) groups excluding carboxylic acids is 1. The molecule has 1 rings (SSSR count). The zero-order valence-electron chi connectivity index (χ0n) is 8.49. The summed E-state index contributed by atoms with van der Waals surface area (Å²) in [5.41, 5.74) is -1.85. The van der Waals surface area contributed by atoms with Gasteiger partial charge in [-0.05, 0) is 13.8 Å². The number of nitrogens with zero attached hydrogens (tertiary/aromatic N) is 1. The summed E-state index contributed by atoms with van der Waals surface area (Å²) in [4.78, 5) is 12.9. The Bertz CT molecular complexity index is 215. The minimum atomic E-state index is -1.85. The standard InChI is InChI=1S/C9H16FNO3/c1-9(2,10)8(13)11-3-4-14-7(5-11)6-12/h7,12H,3-6H2,1-2H3. The first-order valence-corrected chi connectivity index (χ1v) is 4.66. The minimum absolute atomic E-state index is 0.142. The predicted molar refractivity (Wildman–Crippen MR) is 48.6 cm³/mol. The van der Waals surface area contributed by atoms with Crippen molar-refractivity contribution in [3.8, 4) is 0 Å². The molecule has 1 atom stereocenters. The highest BCUT2D eigenvalue weighted by Gasteiger charge is 2.34. The number of hydrogen-bond donors (Lipinski definition) is 1. The molecule has 0 aromatic heterocycles. The van der Waals surface area contributed by atoms with Crippen molar-refractivity contribution in [2.75, 3.05) is 26.3 Å². The SMILES string of the molecule is CC(C)(F)C(=O)N1CCOC(CO)C1. The Labute approximate surface area is 82.6 Å². The molecule has 0 aromatic rings. The van der Waals surface area contributed by atoms with Crippen LogP contribution in [0.15, 0.2) is 0 Å². The number of halogens is 1. The van der Waals surface area contributed by atoms with Crippen LogP contribution in [-0.2, 0) is 9.53 Å². The molecule has 0 saturated carbocycles. The first-order chi connectivity index (χ1) is 6.45. The van der Waals surface area contributed by atoms with Crippen molar-refractivity contribution < 1.29 is 19.0 Å². The minimum Gasteiger partial charge on any atom is -0.394 e. The molecule has 0 spiro atoms. The van der Waals surface area contributed by atoms with Crippen molar-refractivity contribution in [1.82, 2.24) is 4.90 Å². The normalized spacial score (nSPS) is 23.7. The van der Waals surface area contributed by atoms with Crippen LogP contribution in [0.2, 0.25) is 0 Å². The molecule has 0 aliphatic carbocycles. The van der Waals surface area contributed by atoms with Crippen LogP contribution in [0.3, 0.4) is 0 Å². The number of hydrogen-bond acceptors (Lipinski definition) is 3. The third kappa shape index (κ3) is 2.65. The van der Waals surface area contributed by atoms with E-state index < -0.39 is 11.6 Å². The van der Waals surface area contributed by atoms with Crippen LogP contribution in [-0.4, -0.2) is 54.0 Å². The summed E-state index contributed by atoms with van der Waals surface area (Å²) in [5, 5.41) is 8.84. The fraction of sp³-hybridized carbons (Fsp3) is 0.889. The van der Waals surface area contributed by atoms with E-state index in [9.17, 15) is 9.18 Å². The summed E-state index contributed by atoms with van der Waals surface area (Å²) in [6.07, 6.45) is -0.380. The highest BCUT2D eigenvalue weighted by Crippen LogP contribution is 2.15. The van der Waals surface area contributed by atoms with Crippen molar-refractivity contribution >= 4 is 5.91 Å². The van der Waals surface area contributed by atoms with Crippen molar-refractivity contribution in [2.24, 2.45) is 0 Å². The molecule has 14 heavy (non-hydrogen) atoms. The zero-order valence-corrected chi connectivity index (χ0v) is 8.49. The molecule has 1 fully saturated rings. The zero-order chi connectivity index (χ0) is 10.8. The maximum atomic E-state index is 13.3. The number of ether oxygens (including phenoxy) is 1. The molecule has 0 aromatic carbocycles. The first-order valence-electron chi connectivity index (χ1n) is 4.66. The van der Waals surface area contributed by atoms with Crippen LogP contribution in [0, 0.1) is 0 Å². The van der Waals surface area contributed by atoms with E-state index >= 15 is 0 Å². The lowest BCUT2D eigenvalue weighted by molar-refractivity contribution is -0.150. The largest absolute Gasteiger partial charge is 0.394 e. The van der Waals surface area contributed by atoms with E-state index in [0.29, 0.717) is 13.2 Å². The number of carbonyl (C=O) groups is 1. The van der Waals surface area contributed by atoms with Gasteiger partial charge in [-0.3, -0.25) is 4.79 Å². The highest BCUT2D eigenvalue weighted by molar-refractivity contribution is 5.84. The molecule has 1 amide bonds. The van der Waals surface area contributed by atoms with Gasteiger partial charge in [-0.2, -0.15) is 0 Å². The third-order valence-corrected chi connectivity index (χ3v) is 2.14. The highest BCUT2D eigenvalue weighted by atomic mass is 19.1. The predicted octanol–water partition coefficient (Wildman–Crippen LogP) is -0.0458. The average molecular weight is 205 g/mol. The molecule has 1 aliphatic rings. The van der Waals surface area contributed by atoms with Crippen LogP contribution in [0.25, 0.3) is 0 Å². The van der Waals surface area contributed by atoms with E-state index in [4.69, 9.17) is 9.84 Å². The molecule has 0 bridgehead atoms.